The molecule has 0 amide bonds. The quantitative estimate of drug-likeness (QED) is 0.165. The van der Waals surface area contributed by atoms with Gasteiger partial charge in [-0.1, -0.05) is 117 Å². The Morgan fingerprint density at radius 2 is 1.44 bits per heavy atom. The molecule has 8 aromatic rings. The van der Waals surface area contributed by atoms with E-state index in [1.165, 1.54) is 49.7 Å². The van der Waals surface area contributed by atoms with E-state index in [9.17, 15) is 0 Å². The molecule has 1 radical (unpaired) electrons. The van der Waals surface area contributed by atoms with E-state index in [1.807, 2.05) is 37.5 Å². The minimum absolute atomic E-state index is 0. The monoisotopic (exact) mass is 858 g/mol. The summed E-state index contributed by atoms with van der Waals surface area (Å²) < 4.78 is 5.73. The second kappa shape index (κ2) is 14.9. The van der Waals surface area contributed by atoms with Crippen molar-refractivity contribution >= 4 is 32.6 Å². The molecule has 8 rings (SSSR count). The zero-order chi connectivity index (χ0) is 35.9. The summed E-state index contributed by atoms with van der Waals surface area (Å²) in [6.45, 7) is 17.2. The number of benzene rings is 4. The number of hydrogen-bond donors (Lipinski definition) is 0. The van der Waals surface area contributed by atoms with Crippen molar-refractivity contribution in [3.63, 3.8) is 0 Å². The van der Waals surface area contributed by atoms with Crippen molar-refractivity contribution in [1.82, 2.24) is 15.0 Å². The maximum atomic E-state index is 5.73. The molecule has 0 aliphatic carbocycles. The molecule has 52 heavy (non-hydrogen) atoms. The van der Waals surface area contributed by atoms with Gasteiger partial charge in [0.05, 0.1) is 5.58 Å². The Morgan fingerprint density at radius 1 is 0.692 bits per heavy atom. The molecule has 4 heterocycles. The first-order valence-electron chi connectivity index (χ1n) is 17.5. The summed E-state index contributed by atoms with van der Waals surface area (Å²) >= 11 is 0. The van der Waals surface area contributed by atoms with Crippen LogP contribution in [0.5, 0.6) is 0 Å². The third kappa shape index (κ3) is 7.77. The first kappa shape index (κ1) is 36.8. The molecule has 263 valence electrons. The van der Waals surface area contributed by atoms with Crippen molar-refractivity contribution in [3.05, 3.63) is 160 Å². The second-order valence-electron chi connectivity index (χ2n) is 14.8. The predicted molar refractivity (Wildman–Crippen MR) is 211 cm³/mol. The molecule has 0 atom stereocenters. The molecule has 0 unspecified atom stereocenters. The molecule has 0 spiro atoms. The van der Waals surface area contributed by atoms with E-state index in [1.54, 1.807) is 6.26 Å². The maximum Gasteiger partial charge on any atom is 0.0847 e. The topological polar surface area (TPSA) is 51.8 Å². The summed E-state index contributed by atoms with van der Waals surface area (Å²) in [5.74, 6) is 0. The van der Waals surface area contributed by atoms with Gasteiger partial charge in [-0.3, -0.25) is 9.97 Å². The van der Waals surface area contributed by atoms with Gasteiger partial charge in [-0.05, 0) is 83.5 Å². The average molecular weight is 858 g/mol. The molecule has 0 fully saturated rings. The van der Waals surface area contributed by atoms with Crippen LogP contribution >= 0.6 is 0 Å². The van der Waals surface area contributed by atoms with Gasteiger partial charge in [0.15, 0.2) is 0 Å². The van der Waals surface area contributed by atoms with Crippen molar-refractivity contribution in [3.8, 4) is 22.5 Å². The first-order valence-corrected chi connectivity index (χ1v) is 17.5. The standard InChI is InChI=1S/C32H27N2O.C15H16N.Ir/c1-20-5-10-27-28(19-25-12-14-35-31(25)30(27)34-20)29-17-22(11-13-33-29)15-21-6-7-24-18-26(32(2,3)4)9-8-23(24)16-21;1-10-5-6-14(7-11(10)2)15-8-12(3)13(4)9-16-15;/h5-14,16-18H,15H2,1-4H3;5,7-9H,1-4H3;/q2*-1;. The Balaban J connectivity index is 0.000000230. The zero-order valence-electron chi connectivity index (χ0n) is 31.1. The van der Waals surface area contributed by atoms with Crippen LogP contribution in [0.2, 0.25) is 0 Å². The molecule has 0 aliphatic heterocycles. The normalized spacial score (nSPS) is 11.4. The van der Waals surface area contributed by atoms with Crippen LogP contribution in [-0.4, -0.2) is 15.0 Å². The number of hydrogen-bond acceptors (Lipinski definition) is 4. The molecule has 0 N–H and O–H groups in total. The van der Waals surface area contributed by atoms with Crippen LogP contribution in [0.25, 0.3) is 55.2 Å². The summed E-state index contributed by atoms with van der Waals surface area (Å²) in [6, 6.07) is 37.0. The number of furan rings is 1. The molecule has 4 nitrogen and oxygen atoms in total. The van der Waals surface area contributed by atoms with Gasteiger partial charge in [-0.25, -0.2) is 0 Å². The predicted octanol–water partition coefficient (Wildman–Crippen LogP) is 12.0. The van der Waals surface area contributed by atoms with Gasteiger partial charge in [0.25, 0.3) is 0 Å². The van der Waals surface area contributed by atoms with E-state index in [-0.39, 0.29) is 25.5 Å². The fraction of sp³-hybridized carbons (Fsp3) is 0.213. The van der Waals surface area contributed by atoms with Crippen molar-refractivity contribution in [2.45, 2.75) is 67.2 Å². The minimum Gasteiger partial charge on any atom is -0.506 e. The Morgan fingerprint density at radius 3 is 2.21 bits per heavy atom. The SMILES string of the molecule is Cc1c[c-]c(-c2cc(C)c(C)cn2)cc1C.Cc1ccc2c(-c3cc(Cc4ccc5cc(C(C)(C)C)ccc5c4)ccn3)[c-]c3ccoc3c2n1.[Ir]. The number of rotatable bonds is 4. The molecule has 0 saturated heterocycles. The molecule has 4 aromatic carbocycles. The van der Waals surface area contributed by atoms with E-state index in [2.05, 4.69) is 132 Å². The molecular formula is C47H43IrN3O-2. The number of pyridine rings is 3. The van der Waals surface area contributed by atoms with E-state index in [0.717, 1.165) is 56.5 Å². The zero-order valence-corrected chi connectivity index (χ0v) is 33.5. The number of nitrogens with zero attached hydrogens (tertiary/aromatic N) is 3. The number of aromatic nitrogens is 3. The summed E-state index contributed by atoms with van der Waals surface area (Å²) in [7, 11) is 0. The molecule has 0 bridgehead atoms. The summed E-state index contributed by atoms with van der Waals surface area (Å²) in [4.78, 5) is 13.9. The molecule has 4 aromatic heterocycles. The largest absolute Gasteiger partial charge is 0.506 e. The Bertz CT molecular complexity index is 2510. The smallest absolute Gasteiger partial charge is 0.0847 e. The average Bonchev–Trinajstić information content (AvgIpc) is 3.59. The molecule has 0 saturated carbocycles. The Labute approximate surface area is 320 Å². The molecule has 0 aliphatic rings. The van der Waals surface area contributed by atoms with Crippen LogP contribution in [0.3, 0.4) is 0 Å². The van der Waals surface area contributed by atoms with E-state index in [0.29, 0.717) is 0 Å². The minimum atomic E-state index is 0. The van der Waals surface area contributed by atoms with Gasteiger partial charge in [-0.2, -0.15) is 0 Å². The molecular weight excluding hydrogens is 815 g/mol. The Kier molecular flexibility index (Phi) is 10.6. The van der Waals surface area contributed by atoms with Crippen LogP contribution in [0.1, 0.15) is 65.4 Å². The number of aryl methyl sites for hydroxylation is 5. The van der Waals surface area contributed by atoms with Crippen LogP contribution in [0.15, 0.2) is 108 Å². The van der Waals surface area contributed by atoms with E-state index >= 15 is 0 Å². The van der Waals surface area contributed by atoms with Gasteiger partial charge < -0.3 is 9.40 Å². The van der Waals surface area contributed by atoms with E-state index in [4.69, 9.17) is 14.4 Å². The Hall–Kier alpha value is -4.96. The van der Waals surface area contributed by atoms with Gasteiger partial charge in [0.2, 0.25) is 0 Å². The van der Waals surface area contributed by atoms with Crippen molar-refractivity contribution < 1.29 is 24.5 Å². The summed E-state index contributed by atoms with van der Waals surface area (Å²) in [6.07, 6.45) is 6.36. The first-order chi connectivity index (χ1) is 24.4. The fourth-order valence-electron chi connectivity index (χ4n) is 6.35. The summed E-state index contributed by atoms with van der Waals surface area (Å²) in [5.41, 5.74) is 15.6. The third-order valence-corrected chi connectivity index (χ3v) is 9.78. The van der Waals surface area contributed by atoms with Crippen molar-refractivity contribution in [2.75, 3.05) is 0 Å². The third-order valence-electron chi connectivity index (χ3n) is 9.78. The van der Waals surface area contributed by atoms with Gasteiger partial charge >= 0.3 is 0 Å². The van der Waals surface area contributed by atoms with Gasteiger partial charge in [0, 0.05) is 55.7 Å². The molecule has 5 heteroatoms. The van der Waals surface area contributed by atoms with E-state index < -0.39 is 0 Å². The fourth-order valence-corrected chi connectivity index (χ4v) is 6.35. The summed E-state index contributed by atoms with van der Waals surface area (Å²) in [5, 5.41) is 4.48. The van der Waals surface area contributed by atoms with Crippen LogP contribution in [0, 0.1) is 46.8 Å². The maximum absolute atomic E-state index is 5.73. The van der Waals surface area contributed by atoms with Crippen LogP contribution in [0.4, 0.5) is 0 Å². The number of fused-ring (bicyclic) bond motifs is 4. The van der Waals surface area contributed by atoms with Crippen LogP contribution in [-0.2, 0) is 31.9 Å². The van der Waals surface area contributed by atoms with Crippen molar-refractivity contribution in [2.24, 2.45) is 0 Å². The second-order valence-corrected chi connectivity index (χ2v) is 14.8. The van der Waals surface area contributed by atoms with Crippen LogP contribution < -0.4 is 0 Å². The van der Waals surface area contributed by atoms with Gasteiger partial charge in [0.1, 0.15) is 0 Å². The van der Waals surface area contributed by atoms with Crippen molar-refractivity contribution in [1.29, 1.82) is 0 Å². The van der Waals surface area contributed by atoms with Gasteiger partial charge in [-0.15, -0.1) is 41.0 Å².